The Kier molecular flexibility index (Phi) is 6.32. The van der Waals surface area contributed by atoms with Gasteiger partial charge in [-0.15, -0.1) is 0 Å². The second-order valence-corrected chi connectivity index (χ2v) is 7.34. The second-order valence-electron chi connectivity index (χ2n) is 7.34. The number of anilines is 1. The maximum Gasteiger partial charge on any atom is 0.199 e. The van der Waals surface area contributed by atoms with Crippen LogP contribution in [0.4, 0.5) is 18.9 Å². The van der Waals surface area contributed by atoms with E-state index >= 15 is 0 Å². The predicted molar refractivity (Wildman–Crippen MR) is 117 cm³/mol. The van der Waals surface area contributed by atoms with Crippen LogP contribution in [0.5, 0.6) is 0 Å². The predicted octanol–water partition coefficient (Wildman–Crippen LogP) is 5.40. The van der Waals surface area contributed by atoms with Crippen molar-refractivity contribution in [2.45, 2.75) is 20.3 Å². The summed E-state index contributed by atoms with van der Waals surface area (Å²) in [5.41, 5.74) is 3.55. The van der Waals surface area contributed by atoms with Crippen LogP contribution in [-0.2, 0) is 4.84 Å². The third-order valence-corrected chi connectivity index (χ3v) is 4.88. The first-order chi connectivity index (χ1) is 15.9. The molecule has 0 aliphatic heterocycles. The fraction of sp³-hybridized carbons (Fsp3) is 0.167. The van der Waals surface area contributed by atoms with Crippen molar-refractivity contribution in [3.8, 4) is 11.3 Å². The highest BCUT2D eigenvalue weighted by molar-refractivity contribution is 6.11. The maximum atomic E-state index is 14.9. The Morgan fingerprint density at radius 2 is 1.82 bits per heavy atom. The highest BCUT2D eigenvalue weighted by Crippen LogP contribution is 2.28. The van der Waals surface area contributed by atoms with Crippen molar-refractivity contribution in [3.05, 3.63) is 83.1 Å². The van der Waals surface area contributed by atoms with E-state index in [1.165, 1.54) is 18.2 Å². The molecule has 2 heterocycles. The Bertz CT molecular complexity index is 1340. The quantitative estimate of drug-likeness (QED) is 0.175. The van der Waals surface area contributed by atoms with Gasteiger partial charge in [0.25, 0.3) is 0 Å². The number of hydrogen-bond acceptors (Lipinski definition) is 6. The van der Waals surface area contributed by atoms with Crippen LogP contribution < -0.4 is 5.48 Å². The normalized spacial score (nSPS) is 11.1. The molecule has 4 aromatic rings. The summed E-state index contributed by atoms with van der Waals surface area (Å²) in [7, 11) is 0. The number of ketones is 1. The largest absolute Gasteiger partial charge is 0.288 e. The lowest BCUT2D eigenvalue weighted by molar-refractivity contribution is 0.103. The molecule has 0 fully saturated rings. The van der Waals surface area contributed by atoms with Crippen LogP contribution in [0, 0.1) is 24.4 Å². The minimum Gasteiger partial charge on any atom is -0.288 e. The van der Waals surface area contributed by atoms with Crippen LogP contribution in [-0.4, -0.2) is 27.3 Å². The third-order valence-electron chi connectivity index (χ3n) is 4.88. The van der Waals surface area contributed by atoms with E-state index < -0.39 is 34.5 Å². The summed E-state index contributed by atoms with van der Waals surface area (Å²) in [5, 5.41) is 0. The van der Waals surface area contributed by atoms with Gasteiger partial charge in [0.05, 0.1) is 35.1 Å². The van der Waals surface area contributed by atoms with Gasteiger partial charge in [0, 0.05) is 29.1 Å². The van der Waals surface area contributed by atoms with Crippen molar-refractivity contribution in [1.82, 2.24) is 15.0 Å². The highest BCUT2D eigenvalue weighted by atomic mass is 19.2. The van der Waals surface area contributed by atoms with E-state index in [-0.39, 0.29) is 12.2 Å². The summed E-state index contributed by atoms with van der Waals surface area (Å²) < 4.78 is 43.5. The Morgan fingerprint density at radius 1 is 1.00 bits per heavy atom. The van der Waals surface area contributed by atoms with Crippen molar-refractivity contribution in [1.29, 1.82) is 0 Å². The summed E-state index contributed by atoms with van der Waals surface area (Å²) in [6.45, 7) is 3.89. The number of carbonyl (C=O) groups is 1. The molecule has 0 aliphatic carbocycles. The SMILES string of the molecule is CCCONc1cc(F)c(F)c(C(=O)c2ccc3ncc(-c4ccc(C)nc4)nc3c2)c1F. The second kappa shape index (κ2) is 9.33. The van der Waals surface area contributed by atoms with Gasteiger partial charge in [0.1, 0.15) is 5.69 Å². The first kappa shape index (κ1) is 22.3. The molecule has 168 valence electrons. The fourth-order valence-corrected chi connectivity index (χ4v) is 3.16. The van der Waals surface area contributed by atoms with Crippen molar-refractivity contribution in [2.24, 2.45) is 0 Å². The molecule has 1 N–H and O–H groups in total. The van der Waals surface area contributed by atoms with Gasteiger partial charge < -0.3 is 0 Å². The first-order valence-electron chi connectivity index (χ1n) is 10.2. The number of rotatable bonds is 7. The maximum absolute atomic E-state index is 14.9. The number of aryl methyl sites for hydroxylation is 1. The van der Waals surface area contributed by atoms with Crippen LogP contribution in [0.15, 0.2) is 48.8 Å². The standard InChI is InChI=1S/C24H19F3N4O2/c1-3-8-33-31-19-10-16(25)22(26)21(23(19)27)24(32)14-6-7-17-18(9-14)30-20(12-29-17)15-5-4-13(2)28-11-15/h4-7,9-12,31H,3,8H2,1-2H3. The number of carbonyl (C=O) groups excluding carboxylic acids is 1. The number of hydrogen-bond donors (Lipinski definition) is 1. The van der Waals surface area contributed by atoms with Crippen LogP contribution in [0.2, 0.25) is 0 Å². The van der Waals surface area contributed by atoms with Crippen molar-refractivity contribution >= 4 is 22.5 Å². The molecule has 0 atom stereocenters. The van der Waals surface area contributed by atoms with Gasteiger partial charge in [-0.05, 0) is 43.7 Å². The summed E-state index contributed by atoms with van der Waals surface area (Å²) in [4.78, 5) is 31.0. The molecule has 0 unspecified atom stereocenters. The smallest absolute Gasteiger partial charge is 0.199 e. The average molecular weight is 452 g/mol. The summed E-state index contributed by atoms with van der Waals surface area (Å²) in [6, 6.07) is 8.49. The Morgan fingerprint density at radius 3 is 2.55 bits per heavy atom. The monoisotopic (exact) mass is 452 g/mol. The fourth-order valence-electron chi connectivity index (χ4n) is 3.16. The van der Waals surface area contributed by atoms with Crippen molar-refractivity contribution < 1.29 is 22.8 Å². The molecular formula is C24H19F3N4O2. The molecule has 0 radical (unpaired) electrons. The van der Waals surface area contributed by atoms with E-state index in [4.69, 9.17) is 4.84 Å². The van der Waals surface area contributed by atoms with E-state index in [0.717, 1.165) is 11.3 Å². The number of benzene rings is 2. The topological polar surface area (TPSA) is 77.0 Å². The molecule has 0 spiro atoms. The molecular weight excluding hydrogens is 433 g/mol. The van der Waals surface area contributed by atoms with Gasteiger partial charge in [-0.2, -0.15) is 0 Å². The zero-order valence-corrected chi connectivity index (χ0v) is 17.8. The lowest BCUT2D eigenvalue weighted by Crippen LogP contribution is -2.13. The molecule has 4 rings (SSSR count). The molecule has 2 aromatic carbocycles. The zero-order valence-electron chi connectivity index (χ0n) is 17.8. The third kappa shape index (κ3) is 4.54. The number of nitrogens with one attached hydrogen (secondary N) is 1. The molecule has 2 aromatic heterocycles. The number of halogens is 3. The Labute approximate surface area is 187 Å². The minimum atomic E-state index is -1.58. The number of nitrogens with zero attached hydrogens (tertiary/aromatic N) is 3. The summed E-state index contributed by atoms with van der Waals surface area (Å²) in [6.07, 6.45) is 3.83. The van der Waals surface area contributed by atoms with Gasteiger partial charge in [-0.3, -0.25) is 25.1 Å². The van der Waals surface area contributed by atoms with Crippen molar-refractivity contribution in [2.75, 3.05) is 12.1 Å². The van der Waals surface area contributed by atoms with Crippen LogP contribution in [0.1, 0.15) is 35.0 Å². The molecule has 0 aliphatic rings. The number of aromatic nitrogens is 3. The Balaban J connectivity index is 1.74. The van der Waals surface area contributed by atoms with Gasteiger partial charge >= 0.3 is 0 Å². The minimum absolute atomic E-state index is 0.0696. The van der Waals surface area contributed by atoms with Crippen LogP contribution in [0.3, 0.4) is 0 Å². The summed E-state index contributed by atoms with van der Waals surface area (Å²) in [5.74, 6) is -5.24. The van der Waals surface area contributed by atoms with Crippen molar-refractivity contribution in [3.63, 3.8) is 0 Å². The van der Waals surface area contributed by atoms with Gasteiger partial charge in [0.2, 0.25) is 0 Å². The molecule has 0 amide bonds. The molecule has 33 heavy (non-hydrogen) atoms. The van der Waals surface area contributed by atoms with E-state index in [0.29, 0.717) is 29.2 Å². The summed E-state index contributed by atoms with van der Waals surface area (Å²) >= 11 is 0. The van der Waals surface area contributed by atoms with E-state index in [1.54, 1.807) is 12.4 Å². The lowest BCUT2D eigenvalue weighted by Gasteiger charge is -2.12. The molecule has 9 heteroatoms. The average Bonchev–Trinajstić information content (AvgIpc) is 2.82. The van der Waals surface area contributed by atoms with Crippen LogP contribution in [0.25, 0.3) is 22.3 Å². The highest BCUT2D eigenvalue weighted by Gasteiger charge is 2.26. The molecule has 0 saturated heterocycles. The van der Waals surface area contributed by atoms with E-state index in [9.17, 15) is 18.0 Å². The van der Waals surface area contributed by atoms with E-state index in [2.05, 4.69) is 20.4 Å². The Hall–Kier alpha value is -3.85. The lowest BCUT2D eigenvalue weighted by atomic mass is 10.0. The van der Waals surface area contributed by atoms with Gasteiger partial charge in [0.15, 0.2) is 23.2 Å². The van der Waals surface area contributed by atoms with Gasteiger partial charge in [-0.25, -0.2) is 18.2 Å². The zero-order chi connectivity index (χ0) is 23.5. The van der Waals surface area contributed by atoms with Crippen LogP contribution >= 0.6 is 0 Å². The first-order valence-corrected chi connectivity index (χ1v) is 10.2. The van der Waals surface area contributed by atoms with E-state index in [1.807, 2.05) is 26.0 Å². The molecule has 0 bridgehead atoms. The molecule has 6 nitrogen and oxygen atoms in total. The number of fused-ring (bicyclic) bond motifs is 1. The van der Waals surface area contributed by atoms with Gasteiger partial charge in [-0.1, -0.05) is 6.92 Å². The number of pyridine rings is 1. The molecule has 0 saturated carbocycles.